The second-order valence-electron chi connectivity index (χ2n) is 4.09. The van der Waals surface area contributed by atoms with E-state index < -0.39 is 6.00 Å². The lowest BCUT2D eigenvalue weighted by Crippen LogP contribution is -2.16. The Bertz CT molecular complexity index is 262. The second kappa shape index (κ2) is 2.94. The van der Waals surface area contributed by atoms with Crippen LogP contribution in [0, 0.1) is 0 Å². The van der Waals surface area contributed by atoms with Gasteiger partial charge in [-0.2, -0.15) is 0 Å². The molecule has 1 aromatic heterocycles. The summed E-state index contributed by atoms with van der Waals surface area (Å²) in [7, 11) is 1.73. The third kappa shape index (κ3) is 1.69. The molecule has 12 heavy (non-hydrogen) atoms. The van der Waals surface area contributed by atoms with Crippen molar-refractivity contribution in [2.75, 3.05) is 0 Å². The molecule has 1 unspecified atom stereocenters. The molecular weight excluding hydrogens is 151 g/mol. The number of aliphatic hydroxyl groups is 1. The van der Waals surface area contributed by atoms with Crippen LogP contribution < -0.4 is 0 Å². The predicted octanol–water partition coefficient (Wildman–Crippen LogP) is 0.331. The number of hydrogen-bond acceptors (Lipinski definition) is 2. The van der Waals surface area contributed by atoms with Gasteiger partial charge in [-0.3, -0.25) is 0 Å². The van der Waals surface area contributed by atoms with Crippen molar-refractivity contribution in [3.05, 3.63) is 17.7 Å². The molecule has 0 radical (unpaired) electrons. The van der Waals surface area contributed by atoms with Gasteiger partial charge in [-0.15, -0.1) is 0 Å². The summed E-state index contributed by atoms with van der Waals surface area (Å²) in [6.07, 6.45) is 1.63. The minimum Gasteiger partial charge on any atom is -0.396 e. The van der Waals surface area contributed by atoms with Crippen LogP contribution in [0.25, 0.3) is 0 Å². The zero-order chi connectivity index (χ0) is 9.35. The molecule has 0 bridgehead atoms. The SMILES string of the molecule is BC(O)c1nc[nH]c1C(C)(C)C. The smallest absolute Gasteiger partial charge is 0.146 e. The van der Waals surface area contributed by atoms with Crippen molar-refractivity contribution in [3.63, 3.8) is 0 Å². The summed E-state index contributed by atoms with van der Waals surface area (Å²) in [5.41, 5.74) is 1.78. The molecule has 0 aliphatic carbocycles. The van der Waals surface area contributed by atoms with Gasteiger partial charge in [0.1, 0.15) is 7.85 Å². The summed E-state index contributed by atoms with van der Waals surface area (Å²) >= 11 is 0. The first kappa shape index (κ1) is 9.32. The molecule has 0 aliphatic heterocycles. The van der Waals surface area contributed by atoms with Crippen molar-refractivity contribution in [3.8, 4) is 0 Å². The van der Waals surface area contributed by atoms with E-state index in [-0.39, 0.29) is 5.41 Å². The standard InChI is InChI=1S/C8H15BN2O/c1-8(2,3)6-5(7(9)12)10-4-11-6/h4,7,12H,9H2,1-3H3,(H,10,11). The van der Waals surface area contributed by atoms with Crippen molar-refractivity contribution < 1.29 is 5.11 Å². The number of nitrogens with one attached hydrogen (secondary N) is 1. The Morgan fingerprint density at radius 1 is 1.58 bits per heavy atom. The lowest BCUT2D eigenvalue weighted by Gasteiger charge is -2.19. The van der Waals surface area contributed by atoms with Crippen molar-refractivity contribution in [2.45, 2.75) is 32.2 Å². The summed E-state index contributed by atoms with van der Waals surface area (Å²) in [5, 5.41) is 9.37. The highest BCUT2D eigenvalue weighted by Crippen LogP contribution is 2.25. The summed E-state index contributed by atoms with van der Waals surface area (Å²) in [5.74, 6) is 0. The molecule has 1 aromatic rings. The van der Waals surface area contributed by atoms with Crippen LogP contribution in [0.1, 0.15) is 38.2 Å². The highest BCUT2D eigenvalue weighted by molar-refractivity contribution is 6.11. The predicted molar refractivity (Wildman–Crippen MR) is 50.8 cm³/mol. The third-order valence-electron chi connectivity index (χ3n) is 1.81. The third-order valence-corrected chi connectivity index (χ3v) is 1.81. The Hall–Kier alpha value is -0.765. The number of rotatable bonds is 1. The minimum absolute atomic E-state index is 0.0167. The fourth-order valence-corrected chi connectivity index (χ4v) is 1.22. The first-order chi connectivity index (χ1) is 5.43. The monoisotopic (exact) mass is 166 g/mol. The molecule has 0 aliphatic rings. The zero-order valence-electron chi connectivity index (χ0n) is 8.05. The minimum atomic E-state index is -0.495. The molecule has 0 aromatic carbocycles. The van der Waals surface area contributed by atoms with Gasteiger partial charge in [0.25, 0.3) is 0 Å². The average molecular weight is 166 g/mol. The van der Waals surface area contributed by atoms with Crippen molar-refractivity contribution in [2.24, 2.45) is 0 Å². The Morgan fingerprint density at radius 2 is 2.17 bits per heavy atom. The van der Waals surface area contributed by atoms with Gasteiger partial charge in [-0.05, 0) is 0 Å². The maximum atomic E-state index is 9.37. The van der Waals surface area contributed by atoms with Crippen LogP contribution >= 0.6 is 0 Å². The highest BCUT2D eigenvalue weighted by Gasteiger charge is 2.22. The van der Waals surface area contributed by atoms with E-state index in [4.69, 9.17) is 0 Å². The van der Waals surface area contributed by atoms with E-state index in [9.17, 15) is 5.11 Å². The van der Waals surface area contributed by atoms with E-state index in [2.05, 4.69) is 30.7 Å². The normalized spacial score (nSPS) is 14.7. The molecule has 2 N–H and O–H groups in total. The second-order valence-corrected chi connectivity index (χ2v) is 4.09. The quantitative estimate of drug-likeness (QED) is 0.590. The molecule has 3 nitrogen and oxygen atoms in total. The van der Waals surface area contributed by atoms with Gasteiger partial charge in [0.2, 0.25) is 0 Å². The van der Waals surface area contributed by atoms with Gasteiger partial charge in [0, 0.05) is 11.1 Å². The lowest BCUT2D eigenvalue weighted by atomic mass is 9.85. The van der Waals surface area contributed by atoms with Gasteiger partial charge >= 0.3 is 0 Å². The van der Waals surface area contributed by atoms with Gasteiger partial charge in [-0.25, -0.2) is 4.98 Å². The van der Waals surface area contributed by atoms with E-state index in [0.717, 1.165) is 11.4 Å². The molecule has 4 heteroatoms. The molecule has 0 spiro atoms. The largest absolute Gasteiger partial charge is 0.396 e. The highest BCUT2D eigenvalue weighted by atomic mass is 16.3. The van der Waals surface area contributed by atoms with Crippen LogP contribution in [0.4, 0.5) is 0 Å². The van der Waals surface area contributed by atoms with Gasteiger partial charge < -0.3 is 10.1 Å². The summed E-state index contributed by atoms with van der Waals surface area (Å²) in [6, 6.07) is -0.495. The Kier molecular flexibility index (Phi) is 2.28. The summed E-state index contributed by atoms with van der Waals surface area (Å²) < 4.78 is 0. The Labute approximate surface area is 73.6 Å². The van der Waals surface area contributed by atoms with Gasteiger partial charge in [-0.1, -0.05) is 20.8 Å². The number of H-pyrrole nitrogens is 1. The summed E-state index contributed by atoms with van der Waals surface area (Å²) in [4.78, 5) is 7.13. The van der Waals surface area contributed by atoms with Crippen LogP contribution in [0.3, 0.4) is 0 Å². The molecule has 0 amide bonds. The molecule has 1 rings (SSSR count). The zero-order valence-corrected chi connectivity index (χ0v) is 8.05. The Morgan fingerprint density at radius 3 is 2.50 bits per heavy atom. The first-order valence-electron chi connectivity index (χ1n) is 4.14. The van der Waals surface area contributed by atoms with Crippen LogP contribution in [0.5, 0.6) is 0 Å². The van der Waals surface area contributed by atoms with E-state index in [0.29, 0.717) is 0 Å². The fraction of sp³-hybridized carbons (Fsp3) is 0.625. The number of aliphatic hydroxyl groups excluding tert-OH is 1. The molecular formula is C8H15BN2O. The van der Waals surface area contributed by atoms with Gasteiger partial charge in [0.05, 0.1) is 18.0 Å². The number of imidazole rings is 1. The van der Waals surface area contributed by atoms with E-state index >= 15 is 0 Å². The van der Waals surface area contributed by atoms with E-state index in [1.54, 1.807) is 14.2 Å². The maximum Gasteiger partial charge on any atom is 0.146 e. The van der Waals surface area contributed by atoms with Crippen LogP contribution in [-0.2, 0) is 5.41 Å². The molecule has 1 atom stereocenters. The molecule has 0 saturated heterocycles. The van der Waals surface area contributed by atoms with Crippen LogP contribution in [0.2, 0.25) is 0 Å². The first-order valence-corrected chi connectivity index (χ1v) is 4.14. The lowest BCUT2D eigenvalue weighted by molar-refractivity contribution is 0.254. The molecule has 0 fully saturated rings. The van der Waals surface area contributed by atoms with E-state index in [1.165, 1.54) is 0 Å². The Balaban J connectivity index is 3.08. The number of aromatic nitrogens is 2. The summed E-state index contributed by atoms with van der Waals surface area (Å²) in [6.45, 7) is 6.27. The topological polar surface area (TPSA) is 48.9 Å². The molecule has 66 valence electrons. The van der Waals surface area contributed by atoms with Gasteiger partial charge in [0.15, 0.2) is 0 Å². The molecule has 0 saturated carbocycles. The van der Waals surface area contributed by atoms with Crippen LogP contribution in [-0.4, -0.2) is 22.9 Å². The van der Waals surface area contributed by atoms with Crippen molar-refractivity contribution in [1.29, 1.82) is 0 Å². The van der Waals surface area contributed by atoms with E-state index in [1.807, 2.05) is 0 Å². The van der Waals surface area contributed by atoms with Crippen molar-refractivity contribution in [1.82, 2.24) is 9.97 Å². The maximum absolute atomic E-state index is 9.37. The average Bonchev–Trinajstić information content (AvgIpc) is 2.30. The number of nitrogens with zero attached hydrogens (tertiary/aromatic N) is 1. The van der Waals surface area contributed by atoms with Crippen LogP contribution in [0.15, 0.2) is 6.33 Å². The number of aromatic amines is 1. The fourth-order valence-electron chi connectivity index (χ4n) is 1.22. The number of hydrogen-bond donors (Lipinski definition) is 2. The molecule has 1 heterocycles. The van der Waals surface area contributed by atoms with Crippen molar-refractivity contribution >= 4 is 7.85 Å².